The topological polar surface area (TPSA) is 64.4 Å². The monoisotopic (exact) mass is 546 g/mol. The SMILES string of the molecule is CCCCc1oc2ccccc2c1Cc1ccc(-c2cnc(OCCCc3ccccc3)c(NC(=O)CC)c2)cc1. The quantitative estimate of drug-likeness (QED) is 0.150. The van der Waals surface area contributed by atoms with Crippen LogP contribution in [0.15, 0.2) is 95.5 Å². The minimum Gasteiger partial charge on any atom is -0.476 e. The molecule has 1 amide bonds. The maximum Gasteiger partial charge on any atom is 0.237 e. The van der Waals surface area contributed by atoms with E-state index in [0.29, 0.717) is 24.6 Å². The summed E-state index contributed by atoms with van der Waals surface area (Å²) < 4.78 is 12.2. The van der Waals surface area contributed by atoms with E-state index in [-0.39, 0.29) is 5.91 Å². The Morgan fingerprint density at radius 3 is 2.41 bits per heavy atom. The van der Waals surface area contributed by atoms with Crippen LogP contribution in [0.4, 0.5) is 5.69 Å². The van der Waals surface area contributed by atoms with Crippen LogP contribution >= 0.6 is 0 Å². The molecule has 3 aromatic carbocycles. The average Bonchev–Trinajstić information content (AvgIpc) is 3.36. The smallest absolute Gasteiger partial charge is 0.237 e. The van der Waals surface area contributed by atoms with E-state index in [0.717, 1.165) is 61.0 Å². The van der Waals surface area contributed by atoms with Gasteiger partial charge in [0.2, 0.25) is 11.8 Å². The molecule has 210 valence electrons. The maximum atomic E-state index is 12.3. The number of fused-ring (bicyclic) bond motifs is 1. The molecule has 0 fully saturated rings. The molecule has 5 aromatic rings. The third-order valence-corrected chi connectivity index (χ3v) is 7.35. The summed E-state index contributed by atoms with van der Waals surface area (Å²) in [6, 6.07) is 29.2. The Morgan fingerprint density at radius 2 is 1.63 bits per heavy atom. The third-order valence-electron chi connectivity index (χ3n) is 7.35. The van der Waals surface area contributed by atoms with Crippen LogP contribution < -0.4 is 10.1 Å². The van der Waals surface area contributed by atoms with Gasteiger partial charge in [0.1, 0.15) is 17.0 Å². The number of benzene rings is 3. The molecule has 2 aromatic heterocycles. The molecule has 0 aliphatic carbocycles. The van der Waals surface area contributed by atoms with Gasteiger partial charge in [0, 0.05) is 42.0 Å². The predicted octanol–water partition coefficient (Wildman–Crippen LogP) is 8.79. The fraction of sp³-hybridized carbons (Fsp3) is 0.278. The molecular formula is C36H38N2O3. The first-order chi connectivity index (χ1) is 20.1. The number of nitrogens with zero attached hydrogens (tertiary/aromatic N) is 1. The molecule has 41 heavy (non-hydrogen) atoms. The van der Waals surface area contributed by atoms with Gasteiger partial charge < -0.3 is 14.5 Å². The van der Waals surface area contributed by atoms with Crippen molar-refractivity contribution in [2.24, 2.45) is 0 Å². The van der Waals surface area contributed by atoms with Crippen LogP contribution in [0.3, 0.4) is 0 Å². The molecule has 0 saturated carbocycles. The van der Waals surface area contributed by atoms with Gasteiger partial charge in [-0.1, -0.05) is 93.1 Å². The molecular weight excluding hydrogens is 508 g/mol. The first-order valence-electron chi connectivity index (χ1n) is 14.7. The second-order valence-electron chi connectivity index (χ2n) is 10.4. The van der Waals surface area contributed by atoms with Crippen molar-refractivity contribution in [1.29, 1.82) is 0 Å². The summed E-state index contributed by atoms with van der Waals surface area (Å²) in [5.74, 6) is 1.48. The second-order valence-corrected chi connectivity index (χ2v) is 10.4. The summed E-state index contributed by atoms with van der Waals surface area (Å²) in [6.07, 6.45) is 8.02. The van der Waals surface area contributed by atoms with Crippen molar-refractivity contribution in [1.82, 2.24) is 4.98 Å². The summed E-state index contributed by atoms with van der Waals surface area (Å²) in [4.78, 5) is 16.9. The molecule has 0 atom stereocenters. The van der Waals surface area contributed by atoms with Crippen LogP contribution in [0.2, 0.25) is 0 Å². The minimum absolute atomic E-state index is 0.0698. The fourth-order valence-electron chi connectivity index (χ4n) is 5.04. The number of anilines is 1. The lowest BCUT2D eigenvalue weighted by Gasteiger charge is -2.13. The lowest BCUT2D eigenvalue weighted by Crippen LogP contribution is -2.12. The fourth-order valence-corrected chi connectivity index (χ4v) is 5.04. The van der Waals surface area contributed by atoms with E-state index in [1.807, 2.05) is 43.5 Å². The van der Waals surface area contributed by atoms with Crippen molar-refractivity contribution >= 4 is 22.6 Å². The molecule has 0 radical (unpaired) electrons. The summed E-state index contributed by atoms with van der Waals surface area (Å²) in [7, 11) is 0. The van der Waals surface area contributed by atoms with E-state index < -0.39 is 0 Å². The number of carbonyl (C=O) groups excluding carboxylic acids is 1. The van der Waals surface area contributed by atoms with E-state index in [4.69, 9.17) is 9.15 Å². The Balaban J connectivity index is 1.31. The second kappa shape index (κ2) is 13.8. The lowest BCUT2D eigenvalue weighted by atomic mass is 9.98. The average molecular weight is 547 g/mol. The van der Waals surface area contributed by atoms with Gasteiger partial charge in [-0.25, -0.2) is 4.98 Å². The Bertz CT molecular complexity index is 1570. The number of pyridine rings is 1. The zero-order valence-corrected chi connectivity index (χ0v) is 24.0. The molecule has 2 heterocycles. The van der Waals surface area contributed by atoms with Crippen LogP contribution in [0.1, 0.15) is 62.0 Å². The molecule has 0 spiro atoms. The molecule has 0 bridgehead atoms. The number of hydrogen-bond acceptors (Lipinski definition) is 4. The van der Waals surface area contributed by atoms with E-state index in [2.05, 4.69) is 71.8 Å². The minimum atomic E-state index is -0.0698. The van der Waals surface area contributed by atoms with Crippen molar-refractivity contribution in [2.45, 2.75) is 58.8 Å². The molecule has 0 saturated heterocycles. The zero-order valence-electron chi connectivity index (χ0n) is 24.0. The van der Waals surface area contributed by atoms with Crippen molar-refractivity contribution < 1.29 is 13.9 Å². The first kappa shape index (κ1) is 28.2. The molecule has 5 heteroatoms. The number of carbonyl (C=O) groups is 1. The number of aromatic nitrogens is 1. The van der Waals surface area contributed by atoms with Crippen molar-refractivity contribution in [3.63, 3.8) is 0 Å². The number of rotatable bonds is 13. The van der Waals surface area contributed by atoms with Gasteiger partial charge in [-0.2, -0.15) is 0 Å². The Hall–Kier alpha value is -4.38. The Morgan fingerprint density at radius 1 is 0.854 bits per heavy atom. The molecule has 0 unspecified atom stereocenters. The number of aryl methyl sites for hydroxylation is 2. The molecule has 5 nitrogen and oxygen atoms in total. The highest BCUT2D eigenvalue weighted by Crippen LogP contribution is 2.32. The van der Waals surface area contributed by atoms with Crippen LogP contribution in [-0.4, -0.2) is 17.5 Å². The number of hydrogen-bond donors (Lipinski definition) is 1. The van der Waals surface area contributed by atoms with Crippen LogP contribution in [0, 0.1) is 0 Å². The summed E-state index contributed by atoms with van der Waals surface area (Å²) in [5.41, 5.74) is 7.30. The largest absolute Gasteiger partial charge is 0.476 e. The van der Waals surface area contributed by atoms with Gasteiger partial charge >= 0.3 is 0 Å². The Kier molecular flexibility index (Phi) is 9.48. The van der Waals surface area contributed by atoms with E-state index in [1.165, 1.54) is 22.1 Å². The van der Waals surface area contributed by atoms with Gasteiger partial charge in [0.05, 0.1) is 6.61 Å². The van der Waals surface area contributed by atoms with Gasteiger partial charge in [0.15, 0.2) is 0 Å². The summed E-state index contributed by atoms with van der Waals surface area (Å²) in [5, 5.41) is 4.17. The van der Waals surface area contributed by atoms with Crippen molar-refractivity contribution in [2.75, 3.05) is 11.9 Å². The van der Waals surface area contributed by atoms with Crippen molar-refractivity contribution in [3.05, 3.63) is 114 Å². The van der Waals surface area contributed by atoms with Crippen LogP contribution in [0.25, 0.3) is 22.1 Å². The number of para-hydroxylation sites is 1. The van der Waals surface area contributed by atoms with Crippen LogP contribution in [-0.2, 0) is 24.1 Å². The normalized spacial score (nSPS) is 11.1. The van der Waals surface area contributed by atoms with Gasteiger partial charge in [-0.3, -0.25) is 4.79 Å². The number of furan rings is 1. The predicted molar refractivity (Wildman–Crippen MR) is 166 cm³/mol. The highest BCUT2D eigenvalue weighted by atomic mass is 16.5. The summed E-state index contributed by atoms with van der Waals surface area (Å²) >= 11 is 0. The number of nitrogens with one attached hydrogen (secondary N) is 1. The van der Waals surface area contributed by atoms with Crippen molar-refractivity contribution in [3.8, 4) is 17.0 Å². The lowest BCUT2D eigenvalue weighted by molar-refractivity contribution is -0.115. The maximum absolute atomic E-state index is 12.3. The number of amides is 1. The molecule has 0 aliphatic heterocycles. The molecule has 0 aliphatic rings. The number of ether oxygens (including phenoxy) is 1. The van der Waals surface area contributed by atoms with E-state index in [1.54, 1.807) is 0 Å². The standard InChI is InChI=1S/C36H38N2O3/c1-3-5-16-34-31(30-15-9-10-17-33(30)41-34)23-27-18-20-28(21-19-27)29-24-32(38-35(39)4-2)36(37-25-29)40-22-11-14-26-12-7-6-8-13-26/h6-10,12-13,15,17-21,24-25H,3-5,11,14,16,22-23H2,1-2H3,(H,38,39). The van der Waals surface area contributed by atoms with Crippen LogP contribution in [0.5, 0.6) is 5.88 Å². The molecule has 5 rings (SSSR count). The third kappa shape index (κ3) is 7.23. The number of unbranched alkanes of at least 4 members (excludes halogenated alkanes) is 1. The van der Waals surface area contributed by atoms with E-state index >= 15 is 0 Å². The zero-order chi connectivity index (χ0) is 28.4. The Labute approximate surface area is 242 Å². The molecule has 1 N–H and O–H groups in total. The van der Waals surface area contributed by atoms with E-state index in [9.17, 15) is 4.79 Å². The highest BCUT2D eigenvalue weighted by molar-refractivity contribution is 5.92. The van der Waals surface area contributed by atoms with Gasteiger partial charge in [-0.15, -0.1) is 0 Å². The first-order valence-corrected chi connectivity index (χ1v) is 14.7. The van der Waals surface area contributed by atoms with Gasteiger partial charge in [-0.05, 0) is 48.1 Å². The summed E-state index contributed by atoms with van der Waals surface area (Å²) in [6.45, 7) is 4.57. The highest BCUT2D eigenvalue weighted by Gasteiger charge is 2.15. The van der Waals surface area contributed by atoms with Gasteiger partial charge in [0.25, 0.3) is 0 Å².